The van der Waals surface area contributed by atoms with Gasteiger partial charge >= 0.3 is 5.97 Å². The Morgan fingerprint density at radius 2 is 1.79 bits per heavy atom. The minimum absolute atomic E-state index is 0.128. The molecule has 0 saturated heterocycles. The summed E-state index contributed by atoms with van der Waals surface area (Å²) in [4.78, 5) is 41.2. The molecule has 202 valence electrons. The zero-order valence-corrected chi connectivity index (χ0v) is 22.6. The Labute approximate surface area is 232 Å². The molecule has 0 unspecified atom stereocenters. The van der Waals surface area contributed by atoms with Crippen molar-refractivity contribution < 1.29 is 29.0 Å². The molecule has 3 aromatic rings. The van der Waals surface area contributed by atoms with E-state index in [2.05, 4.69) is 6.58 Å². The molecule has 1 aliphatic rings. The first-order valence-corrected chi connectivity index (χ1v) is 12.7. The second-order valence-corrected chi connectivity index (χ2v) is 9.67. The number of para-hydroxylation sites is 1. The van der Waals surface area contributed by atoms with Crippen molar-refractivity contribution in [3.63, 3.8) is 0 Å². The first-order valence-electron chi connectivity index (χ1n) is 12.3. The lowest BCUT2D eigenvalue weighted by atomic mass is 9.89. The van der Waals surface area contributed by atoms with Gasteiger partial charge in [-0.3, -0.25) is 9.59 Å². The number of ether oxygens (including phenoxy) is 2. The van der Waals surface area contributed by atoms with Gasteiger partial charge in [0.1, 0.15) is 18.1 Å². The van der Waals surface area contributed by atoms with Crippen molar-refractivity contribution in [3.8, 4) is 11.5 Å². The van der Waals surface area contributed by atoms with E-state index in [4.69, 9.17) is 26.2 Å². The molecule has 39 heavy (non-hydrogen) atoms. The third-order valence-electron chi connectivity index (χ3n) is 6.66. The molecular formula is C30H29ClN2O6. The van der Waals surface area contributed by atoms with Crippen LogP contribution in [0.4, 0.5) is 11.4 Å². The summed E-state index contributed by atoms with van der Waals surface area (Å²) < 4.78 is 10.8. The molecule has 0 radical (unpaired) electrons. The van der Waals surface area contributed by atoms with Crippen LogP contribution in [0, 0.1) is 0 Å². The van der Waals surface area contributed by atoms with Crippen LogP contribution in [0.1, 0.15) is 42.2 Å². The van der Waals surface area contributed by atoms with E-state index >= 15 is 0 Å². The number of rotatable bonds is 8. The van der Waals surface area contributed by atoms with Crippen molar-refractivity contribution in [2.24, 2.45) is 0 Å². The SMILES string of the molecule is C=C(COc1cc(N(C(C)=O)[C@@H]2C[C@H](C)N(C(=O)c3ccc(OC)cc3)c3ccccc32)ccc1Cl)C(=O)O. The van der Waals surface area contributed by atoms with Gasteiger partial charge in [0.2, 0.25) is 5.91 Å². The van der Waals surface area contributed by atoms with Crippen LogP contribution < -0.4 is 19.3 Å². The van der Waals surface area contributed by atoms with Crippen LogP contribution in [0.5, 0.6) is 11.5 Å². The summed E-state index contributed by atoms with van der Waals surface area (Å²) >= 11 is 6.31. The Bertz CT molecular complexity index is 1420. The van der Waals surface area contributed by atoms with Gasteiger partial charge in [0, 0.05) is 36.0 Å². The summed E-state index contributed by atoms with van der Waals surface area (Å²) in [6.07, 6.45) is 0.479. The standard InChI is InChI=1S/C30H29ClN2O6/c1-18(30(36)37)17-39-28-16-22(11-14-25(28)31)33(20(3)34)27-15-19(2)32(26-8-6-5-7-24(26)27)29(35)21-9-12-23(38-4)13-10-21/h5-14,16,19,27H,1,15,17H2,2-4H3,(H,36,37)/t19-,27+/m0/s1. The maximum absolute atomic E-state index is 13.6. The van der Waals surface area contributed by atoms with Gasteiger partial charge in [0.15, 0.2) is 0 Å². The lowest BCUT2D eigenvalue weighted by Gasteiger charge is -2.43. The predicted octanol–water partition coefficient (Wildman–Crippen LogP) is 5.90. The molecule has 3 aromatic carbocycles. The average Bonchev–Trinajstić information content (AvgIpc) is 2.92. The van der Waals surface area contributed by atoms with Crippen molar-refractivity contribution in [2.45, 2.75) is 32.4 Å². The number of methoxy groups -OCH3 is 1. The van der Waals surface area contributed by atoms with Gasteiger partial charge in [0.25, 0.3) is 5.91 Å². The molecule has 0 bridgehead atoms. The number of hydrogen-bond acceptors (Lipinski definition) is 5. The number of amides is 2. The van der Waals surface area contributed by atoms with Gasteiger partial charge in [-0.2, -0.15) is 0 Å². The maximum Gasteiger partial charge on any atom is 0.334 e. The first kappa shape index (κ1) is 27.7. The van der Waals surface area contributed by atoms with E-state index in [1.807, 2.05) is 31.2 Å². The van der Waals surface area contributed by atoms with E-state index < -0.39 is 5.97 Å². The van der Waals surface area contributed by atoms with E-state index in [0.717, 1.165) is 11.3 Å². The molecule has 1 N–H and O–H groups in total. The Hall–Kier alpha value is -4.30. The average molecular weight is 549 g/mol. The zero-order chi connectivity index (χ0) is 28.3. The number of nitrogens with zero attached hydrogens (tertiary/aromatic N) is 2. The molecule has 0 aliphatic carbocycles. The predicted molar refractivity (Wildman–Crippen MR) is 150 cm³/mol. The van der Waals surface area contributed by atoms with E-state index in [1.54, 1.807) is 59.4 Å². The Morgan fingerprint density at radius 1 is 1.10 bits per heavy atom. The second kappa shape index (κ2) is 11.6. The van der Waals surface area contributed by atoms with Crippen molar-refractivity contribution in [3.05, 3.63) is 95.0 Å². The second-order valence-electron chi connectivity index (χ2n) is 9.26. The molecular weight excluding hydrogens is 520 g/mol. The number of carbonyl (C=O) groups excluding carboxylic acids is 2. The molecule has 1 aliphatic heterocycles. The van der Waals surface area contributed by atoms with Gasteiger partial charge < -0.3 is 24.4 Å². The highest BCUT2D eigenvalue weighted by Gasteiger charge is 2.38. The van der Waals surface area contributed by atoms with Gasteiger partial charge in [-0.1, -0.05) is 36.4 Å². The third kappa shape index (κ3) is 5.76. The fraction of sp³-hybridized carbons (Fsp3) is 0.233. The van der Waals surface area contributed by atoms with Crippen molar-refractivity contribution >= 4 is 40.8 Å². The minimum Gasteiger partial charge on any atom is -0.497 e. The number of benzene rings is 3. The van der Waals surface area contributed by atoms with Crippen molar-refractivity contribution in [2.75, 3.05) is 23.5 Å². The normalized spacial score (nSPS) is 16.2. The van der Waals surface area contributed by atoms with Crippen LogP contribution in [0.2, 0.25) is 5.02 Å². The fourth-order valence-corrected chi connectivity index (χ4v) is 4.94. The van der Waals surface area contributed by atoms with Gasteiger partial charge in [0.05, 0.1) is 23.7 Å². The summed E-state index contributed by atoms with van der Waals surface area (Å²) in [5.41, 5.74) is 2.48. The third-order valence-corrected chi connectivity index (χ3v) is 6.98. The maximum atomic E-state index is 13.6. The molecule has 9 heteroatoms. The van der Waals surface area contributed by atoms with Crippen LogP contribution >= 0.6 is 11.6 Å². The van der Waals surface area contributed by atoms with Crippen LogP contribution in [0.3, 0.4) is 0 Å². The fourth-order valence-electron chi connectivity index (χ4n) is 4.77. The van der Waals surface area contributed by atoms with E-state index in [-0.39, 0.29) is 46.9 Å². The lowest BCUT2D eigenvalue weighted by Crippen LogP contribution is -2.47. The number of carboxylic acid groups (broad SMARTS) is 1. The summed E-state index contributed by atoms with van der Waals surface area (Å²) in [7, 11) is 1.57. The molecule has 2 atom stereocenters. The summed E-state index contributed by atoms with van der Waals surface area (Å²) in [5.74, 6) is -0.633. The number of fused-ring (bicyclic) bond motifs is 1. The molecule has 2 amide bonds. The zero-order valence-electron chi connectivity index (χ0n) is 21.9. The van der Waals surface area contributed by atoms with E-state index in [0.29, 0.717) is 23.4 Å². The molecule has 8 nitrogen and oxygen atoms in total. The summed E-state index contributed by atoms with van der Waals surface area (Å²) in [6.45, 7) is 6.64. The molecule has 0 aromatic heterocycles. The highest BCUT2D eigenvalue weighted by Crippen LogP contribution is 2.44. The van der Waals surface area contributed by atoms with Crippen molar-refractivity contribution in [1.29, 1.82) is 0 Å². The Kier molecular flexibility index (Phi) is 8.26. The van der Waals surface area contributed by atoms with Gasteiger partial charge in [-0.15, -0.1) is 0 Å². The Balaban J connectivity index is 1.70. The van der Waals surface area contributed by atoms with E-state index in [9.17, 15) is 14.4 Å². The largest absolute Gasteiger partial charge is 0.497 e. The highest BCUT2D eigenvalue weighted by molar-refractivity contribution is 6.32. The van der Waals surface area contributed by atoms with Crippen LogP contribution in [0.25, 0.3) is 0 Å². The minimum atomic E-state index is -1.17. The highest BCUT2D eigenvalue weighted by atomic mass is 35.5. The Morgan fingerprint density at radius 3 is 2.44 bits per heavy atom. The van der Waals surface area contributed by atoms with Gasteiger partial charge in [-0.25, -0.2) is 4.79 Å². The number of halogens is 1. The smallest absolute Gasteiger partial charge is 0.334 e. The van der Waals surface area contributed by atoms with Crippen molar-refractivity contribution in [1.82, 2.24) is 0 Å². The summed E-state index contributed by atoms with van der Waals surface area (Å²) in [5, 5.41) is 9.36. The molecule has 0 spiro atoms. The monoisotopic (exact) mass is 548 g/mol. The van der Waals surface area contributed by atoms with Crippen LogP contribution in [-0.4, -0.2) is 42.6 Å². The topological polar surface area (TPSA) is 96.4 Å². The van der Waals surface area contributed by atoms with E-state index in [1.165, 1.54) is 6.92 Å². The molecule has 0 saturated carbocycles. The number of hydrogen-bond donors (Lipinski definition) is 1. The molecule has 4 rings (SSSR count). The number of carbonyl (C=O) groups is 3. The quantitative estimate of drug-likeness (QED) is 0.352. The summed E-state index contributed by atoms with van der Waals surface area (Å²) in [6, 6.07) is 18.8. The van der Waals surface area contributed by atoms with Gasteiger partial charge in [-0.05, 0) is 61.4 Å². The molecule has 0 fully saturated rings. The number of anilines is 2. The number of aliphatic carboxylic acids is 1. The lowest BCUT2D eigenvalue weighted by molar-refractivity contribution is -0.133. The van der Waals surface area contributed by atoms with Crippen LogP contribution in [0.15, 0.2) is 78.9 Å². The van der Waals surface area contributed by atoms with Crippen LogP contribution in [-0.2, 0) is 9.59 Å². The molecule has 1 heterocycles. The number of carboxylic acids is 1. The first-order chi connectivity index (χ1) is 18.6.